The Bertz CT molecular complexity index is 347. The first-order valence-corrected chi connectivity index (χ1v) is 7.08. The number of hydrogen-bond acceptors (Lipinski definition) is 5. The number of nitrogens with one attached hydrogen (secondary N) is 2. The Balaban J connectivity index is 1.90. The van der Waals surface area contributed by atoms with Crippen LogP contribution in [0.25, 0.3) is 0 Å². The average molecular weight is 255 g/mol. The van der Waals surface area contributed by atoms with Gasteiger partial charge in [-0.3, -0.25) is 0 Å². The number of nitrogens with zero attached hydrogens (tertiary/aromatic N) is 1. The van der Waals surface area contributed by atoms with Gasteiger partial charge in [0.2, 0.25) is 0 Å². The number of ether oxygens (including phenoxy) is 1. The zero-order valence-electron chi connectivity index (χ0n) is 10.6. The highest BCUT2D eigenvalue weighted by molar-refractivity contribution is 7.13. The molecule has 0 amide bonds. The summed E-state index contributed by atoms with van der Waals surface area (Å²) in [5.74, 6) is 0. The summed E-state index contributed by atoms with van der Waals surface area (Å²) in [6.45, 7) is 4.86. The van der Waals surface area contributed by atoms with E-state index in [9.17, 15) is 0 Å². The van der Waals surface area contributed by atoms with Crippen LogP contribution in [0.15, 0.2) is 5.38 Å². The van der Waals surface area contributed by atoms with E-state index in [4.69, 9.17) is 4.74 Å². The molecule has 0 radical (unpaired) electrons. The number of methoxy groups -OCH3 is 1. The van der Waals surface area contributed by atoms with Crippen LogP contribution >= 0.6 is 11.3 Å². The fourth-order valence-corrected chi connectivity index (χ4v) is 3.06. The molecule has 0 aliphatic carbocycles. The molecule has 96 valence electrons. The highest BCUT2D eigenvalue weighted by Crippen LogP contribution is 2.22. The molecule has 0 saturated carbocycles. The lowest BCUT2D eigenvalue weighted by Gasteiger charge is -2.28. The number of aryl methyl sites for hydroxylation is 1. The van der Waals surface area contributed by atoms with Crippen LogP contribution in [0.4, 0.5) is 5.13 Å². The van der Waals surface area contributed by atoms with Crippen LogP contribution in [-0.4, -0.2) is 37.3 Å². The molecule has 1 aliphatic heterocycles. The van der Waals surface area contributed by atoms with Gasteiger partial charge < -0.3 is 15.4 Å². The van der Waals surface area contributed by atoms with Gasteiger partial charge in [0.25, 0.3) is 0 Å². The first-order valence-electron chi connectivity index (χ1n) is 6.20. The summed E-state index contributed by atoms with van der Waals surface area (Å²) in [5.41, 5.74) is 1.25. The van der Waals surface area contributed by atoms with Gasteiger partial charge in [0.1, 0.15) is 0 Å². The zero-order valence-corrected chi connectivity index (χ0v) is 11.4. The van der Waals surface area contributed by atoms with E-state index >= 15 is 0 Å². The highest BCUT2D eigenvalue weighted by atomic mass is 32.1. The largest absolute Gasteiger partial charge is 0.383 e. The normalized spacial score (nSPS) is 24.1. The van der Waals surface area contributed by atoms with Crippen molar-refractivity contribution in [1.29, 1.82) is 0 Å². The third-order valence-corrected chi connectivity index (χ3v) is 4.09. The van der Waals surface area contributed by atoms with Gasteiger partial charge in [-0.1, -0.05) is 6.92 Å². The molecule has 5 heteroatoms. The fraction of sp³-hybridized carbons (Fsp3) is 0.750. The molecule has 2 heterocycles. The lowest BCUT2D eigenvalue weighted by Crippen LogP contribution is -2.49. The Morgan fingerprint density at radius 3 is 3.12 bits per heavy atom. The Morgan fingerprint density at radius 1 is 1.65 bits per heavy atom. The van der Waals surface area contributed by atoms with E-state index in [0.717, 1.165) is 36.9 Å². The molecule has 1 aromatic heterocycles. The van der Waals surface area contributed by atoms with Crippen LogP contribution in [0.2, 0.25) is 0 Å². The average Bonchev–Trinajstić information content (AvgIpc) is 2.96. The van der Waals surface area contributed by atoms with Crippen molar-refractivity contribution >= 4 is 16.5 Å². The zero-order chi connectivity index (χ0) is 12.1. The Kier molecular flexibility index (Phi) is 4.36. The minimum Gasteiger partial charge on any atom is -0.383 e. The maximum absolute atomic E-state index is 5.32. The summed E-state index contributed by atoms with van der Waals surface area (Å²) in [6.07, 6.45) is 3.39. The number of anilines is 1. The Labute approximate surface area is 107 Å². The SMILES string of the molecule is CCc1csc(NCC2(COC)CCCN2)n1. The number of rotatable bonds is 6. The van der Waals surface area contributed by atoms with Crippen LogP contribution in [0, 0.1) is 0 Å². The van der Waals surface area contributed by atoms with Crippen molar-refractivity contribution in [3.63, 3.8) is 0 Å². The molecule has 2 rings (SSSR count). The molecule has 1 fully saturated rings. The Morgan fingerprint density at radius 2 is 2.53 bits per heavy atom. The summed E-state index contributed by atoms with van der Waals surface area (Å²) in [4.78, 5) is 4.52. The van der Waals surface area contributed by atoms with Gasteiger partial charge in [0, 0.05) is 19.0 Å². The quantitative estimate of drug-likeness (QED) is 0.815. The van der Waals surface area contributed by atoms with Gasteiger partial charge in [-0.25, -0.2) is 4.98 Å². The minimum atomic E-state index is 0.0901. The molecule has 4 nitrogen and oxygen atoms in total. The van der Waals surface area contributed by atoms with E-state index in [-0.39, 0.29) is 5.54 Å². The van der Waals surface area contributed by atoms with Crippen LogP contribution in [0.1, 0.15) is 25.5 Å². The number of thiazole rings is 1. The van der Waals surface area contributed by atoms with E-state index in [1.54, 1.807) is 18.4 Å². The standard InChI is InChI=1S/C12H21N3OS/c1-3-10-7-17-11(15-10)13-8-12(9-16-2)5-4-6-14-12/h7,14H,3-6,8-9H2,1-2H3,(H,13,15). The molecular weight excluding hydrogens is 234 g/mol. The smallest absolute Gasteiger partial charge is 0.182 e. The molecule has 1 aliphatic rings. The molecule has 2 N–H and O–H groups in total. The van der Waals surface area contributed by atoms with Gasteiger partial charge in [-0.05, 0) is 25.8 Å². The molecule has 1 aromatic rings. The maximum Gasteiger partial charge on any atom is 0.182 e. The second kappa shape index (κ2) is 5.80. The van der Waals surface area contributed by atoms with Gasteiger partial charge >= 0.3 is 0 Å². The van der Waals surface area contributed by atoms with Crippen molar-refractivity contribution in [2.75, 3.05) is 32.1 Å². The van der Waals surface area contributed by atoms with Crippen LogP contribution < -0.4 is 10.6 Å². The summed E-state index contributed by atoms with van der Waals surface area (Å²) in [6, 6.07) is 0. The van der Waals surface area contributed by atoms with Gasteiger partial charge in [-0.2, -0.15) is 0 Å². The molecule has 0 spiro atoms. The minimum absolute atomic E-state index is 0.0901. The second-order valence-corrected chi connectivity index (χ2v) is 5.45. The van der Waals surface area contributed by atoms with Crippen LogP contribution in [0.3, 0.4) is 0 Å². The number of aromatic nitrogens is 1. The molecule has 0 aromatic carbocycles. The predicted octanol–water partition coefficient (Wildman–Crippen LogP) is 1.89. The maximum atomic E-state index is 5.32. The second-order valence-electron chi connectivity index (χ2n) is 4.59. The molecule has 1 saturated heterocycles. The molecule has 0 bridgehead atoms. The monoisotopic (exact) mass is 255 g/mol. The molecular formula is C12H21N3OS. The molecule has 1 unspecified atom stereocenters. The predicted molar refractivity (Wildman–Crippen MR) is 71.8 cm³/mol. The van der Waals surface area contributed by atoms with E-state index < -0.39 is 0 Å². The summed E-state index contributed by atoms with van der Waals surface area (Å²) in [5, 5.41) is 10.1. The fourth-order valence-electron chi connectivity index (χ4n) is 2.27. The summed E-state index contributed by atoms with van der Waals surface area (Å²) in [7, 11) is 1.76. The topological polar surface area (TPSA) is 46.2 Å². The molecule has 1 atom stereocenters. The van der Waals surface area contributed by atoms with Gasteiger partial charge in [0.05, 0.1) is 17.8 Å². The van der Waals surface area contributed by atoms with Gasteiger partial charge in [0.15, 0.2) is 5.13 Å². The lowest BCUT2D eigenvalue weighted by atomic mass is 9.99. The van der Waals surface area contributed by atoms with Gasteiger partial charge in [-0.15, -0.1) is 11.3 Å². The lowest BCUT2D eigenvalue weighted by molar-refractivity contribution is 0.127. The van der Waals surface area contributed by atoms with Crippen molar-refractivity contribution in [3.05, 3.63) is 11.1 Å². The highest BCUT2D eigenvalue weighted by Gasteiger charge is 2.33. The van der Waals surface area contributed by atoms with E-state index in [0.29, 0.717) is 0 Å². The first kappa shape index (κ1) is 12.8. The number of hydrogen-bond donors (Lipinski definition) is 2. The summed E-state index contributed by atoms with van der Waals surface area (Å²) >= 11 is 1.68. The van der Waals surface area contributed by atoms with Crippen molar-refractivity contribution in [3.8, 4) is 0 Å². The van der Waals surface area contributed by atoms with Crippen LogP contribution in [-0.2, 0) is 11.2 Å². The van der Waals surface area contributed by atoms with E-state index in [2.05, 4.69) is 27.9 Å². The van der Waals surface area contributed by atoms with Crippen molar-refractivity contribution in [1.82, 2.24) is 10.3 Å². The third-order valence-electron chi connectivity index (χ3n) is 3.24. The van der Waals surface area contributed by atoms with E-state index in [1.807, 2.05) is 0 Å². The van der Waals surface area contributed by atoms with Crippen molar-refractivity contribution in [2.45, 2.75) is 31.7 Å². The third kappa shape index (κ3) is 3.18. The first-order chi connectivity index (χ1) is 8.28. The van der Waals surface area contributed by atoms with E-state index in [1.165, 1.54) is 12.8 Å². The summed E-state index contributed by atoms with van der Waals surface area (Å²) < 4.78 is 5.32. The van der Waals surface area contributed by atoms with Crippen LogP contribution in [0.5, 0.6) is 0 Å². The Hall–Kier alpha value is -0.650. The molecule has 17 heavy (non-hydrogen) atoms. The van der Waals surface area contributed by atoms with Crippen molar-refractivity contribution in [2.24, 2.45) is 0 Å². The van der Waals surface area contributed by atoms with Crippen molar-refractivity contribution < 1.29 is 4.74 Å².